The number of benzene rings is 1. The molecule has 17 heavy (non-hydrogen) atoms. The van der Waals surface area contributed by atoms with Crippen LogP contribution >= 0.6 is 11.8 Å². The minimum Gasteiger partial charge on any atom is -0.446 e. The first-order valence-electron chi connectivity index (χ1n) is 5.36. The number of rotatable bonds is 2. The molecule has 0 bridgehead atoms. The number of hydrogen-bond acceptors (Lipinski definition) is 4. The molecular weight excluding hydrogens is 236 g/mol. The zero-order valence-electron chi connectivity index (χ0n) is 10.0. The maximum Gasteiger partial charge on any atom is 0.420 e. The average Bonchev–Trinajstić information content (AvgIpc) is 2.66. The standard InChI is InChI=1S/C12H14N2O2S/c1-8(2)16-12(15)14-10-7-5-4-6-9(10)13-11(14)17-3/h4-8H,1-3H3. The van der Waals surface area contributed by atoms with Gasteiger partial charge < -0.3 is 4.74 Å². The van der Waals surface area contributed by atoms with E-state index in [1.165, 1.54) is 16.3 Å². The zero-order chi connectivity index (χ0) is 12.4. The maximum atomic E-state index is 12.0. The van der Waals surface area contributed by atoms with Crippen LogP contribution in [0.1, 0.15) is 13.8 Å². The van der Waals surface area contributed by atoms with E-state index < -0.39 is 0 Å². The van der Waals surface area contributed by atoms with E-state index in [1.54, 1.807) is 0 Å². The molecular formula is C12H14N2O2S. The second-order valence-corrected chi connectivity index (χ2v) is 4.63. The smallest absolute Gasteiger partial charge is 0.420 e. The van der Waals surface area contributed by atoms with Gasteiger partial charge in [-0.3, -0.25) is 0 Å². The van der Waals surface area contributed by atoms with E-state index in [0.29, 0.717) is 5.16 Å². The normalized spacial score (nSPS) is 11.1. The molecule has 0 saturated heterocycles. The van der Waals surface area contributed by atoms with Crippen molar-refractivity contribution < 1.29 is 9.53 Å². The van der Waals surface area contributed by atoms with E-state index >= 15 is 0 Å². The third-order valence-electron chi connectivity index (χ3n) is 2.23. The number of carbonyl (C=O) groups excluding carboxylic acids is 1. The summed E-state index contributed by atoms with van der Waals surface area (Å²) in [7, 11) is 0. The number of aromatic nitrogens is 2. The van der Waals surface area contributed by atoms with Gasteiger partial charge in [-0.25, -0.2) is 14.3 Å². The number of imidazole rings is 1. The number of hydrogen-bond donors (Lipinski definition) is 0. The molecule has 1 aromatic carbocycles. The quantitative estimate of drug-likeness (QED) is 0.768. The highest BCUT2D eigenvalue weighted by atomic mass is 32.2. The van der Waals surface area contributed by atoms with Gasteiger partial charge in [0.05, 0.1) is 17.1 Å². The van der Waals surface area contributed by atoms with E-state index in [-0.39, 0.29) is 12.2 Å². The number of carbonyl (C=O) groups is 1. The molecule has 0 fully saturated rings. The van der Waals surface area contributed by atoms with Crippen LogP contribution in [0.2, 0.25) is 0 Å². The van der Waals surface area contributed by atoms with Crippen molar-refractivity contribution in [3.8, 4) is 0 Å². The zero-order valence-corrected chi connectivity index (χ0v) is 10.8. The van der Waals surface area contributed by atoms with Gasteiger partial charge in [0.25, 0.3) is 0 Å². The van der Waals surface area contributed by atoms with Crippen molar-refractivity contribution in [1.29, 1.82) is 0 Å². The predicted molar refractivity (Wildman–Crippen MR) is 68.5 cm³/mol. The summed E-state index contributed by atoms with van der Waals surface area (Å²) in [5.74, 6) is 0. The van der Waals surface area contributed by atoms with Crippen molar-refractivity contribution in [2.24, 2.45) is 0 Å². The van der Waals surface area contributed by atoms with E-state index in [1.807, 2.05) is 44.4 Å². The fraction of sp³-hybridized carbons (Fsp3) is 0.333. The third-order valence-corrected chi connectivity index (χ3v) is 2.87. The second-order valence-electron chi connectivity index (χ2n) is 3.86. The molecule has 2 rings (SSSR count). The molecule has 0 saturated carbocycles. The van der Waals surface area contributed by atoms with Crippen LogP contribution in [0.25, 0.3) is 11.0 Å². The Hall–Kier alpha value is -1.49. The Morgan fingerprint density at radius 1 is 1.41 bits per heavy atom. The summed E-state index contributed by atoms with van der Waals surface area (Å²) >= 11 is 1.43. The highest BCUT2D eigenvalue weighted by Gasteiger charge is 2.17. The molecule has 0 unspecified atom stereocenters. The largest absolute Gasteiger partial charge is 0.446 e. The van der Waals surface area contributed by atoms with Crippen LogP contribution in [0, 0.1) is 0 Å². The van der Waals surface area contributed by atoms with Crippen LogP contribution < -0.4 is 0 Å². The van der Waals surface area contributed by atoms with Crippen molar-refractivity contribution >= 4 is 28.9 Å². The molecule has 1 aromatic heterocycles. The van der Waals surface area contributed by atoms with Gasteiger partial charge in [-0.15, -0.1) is 0 Å². The van der Waals surface area contributed by atoms with Gasteiger partial charge in [-0.1, -0.05) is 23.9 Å². The Morgan fingerprint density at radius 3 is 2.76 bits per heavy atom. The van der Waals surface area contributed by atoms with E-state index in [2.05, 4.69) is 4.98 Å². The average molecular weight is 250 g/mol. The van der Waals surface area contributed by atoms with Gasteiger partial charge in [0.2, 0.25) is 0 Å². The Morgan fingerprint density at radius 2 is 2.12 bits per heavy atom. The lowest BCUT2D eigenvalue weighted by molar-refractivity contribution is 0.116. The first-order chi connectivity index (χ1) is 8.13. The molecule has 1 heterocycles. The number of nitrogens with zero attached hydrogens (tertiary/aromatic N) is 2. The van der Waals surface area contributed by atoms with Gasteiger partial charge in [-0.05, 0) is 32.2 Å². The second kappa shape index (κ2) is 4.79. The number of para-hydroxylation sites is 2. The highest BCUT2D eigenvalue weighted by molar-refractivity contribution is 7.98. The molecule has 0 atom stereocenters. The lowest BCUT2D eigenvalue weighted by atomic mass is 10.3. The van der Waals surface area contributed by atoms with Crippen molar-refractivity contribution in [2.75, 3.05) is 6.26 Å². The number of ether oxygens (including phenoxy) is 1. The van der Waals surface area contributed by atoms with Gasteiger partial charge in [0.1, 0.15) is 0 Å². The van der Waals surface area contributed by atoms with Gasteiger partial charge in [-0.2, -0.15) is 0 Å². The van der Waals surface area contributed by atoms with Crippen LogP contribution in [0.4, 0.5) is 4.79 Å². The predicted octanol–water partition coefficient (Wildman–Crippen LogP) is 3.15. The van der Waals surface area contributed by atoms with Crippen LogP contribution in [-0.4, -0.2) is 28.0 Å². The SMILES string of the molecule is CSc1nc2ccccc2n1C(=O)OC(C)C. The molecule has 0 aliphatic heterocycles. The van der Waals surface area contributed by atoms with Crippen molar-refractivity contribution in [2.45, 2.75) is 25.1 Å². The van der Waals surface area contributed by atoms with E-state index in [4.69, 9.17) is 4.74 Å². The lowest BCUT2D eigenvalue weighted by Gasteiger charge is -2.10. The van der Waals surface area contributed by atoms with E-state index in [9.17, 15) is 4.79 Å². The topological polar surface area (TPSA) is 44.1 Å². The summed E-state index contributed by atoms with van der Waals surface area (Å²) in [6.07, 6.45) is 1.37. The Labute approximate surface area is 104 Å². The maximum absolute atomic E-state index is 12.0. The summed E-state index contributed by atoms with van der Waals surface area (Å²) in [5.41, 5.74) is 1.58. The number of thioether (sulfide) groups is 1. The molecule has 0 amide bonds. The van der Waals surface area contributed by atoms with Gasteiger partial charge in [0, 0.05) is 0 Å². The molecule has 2 aromatic rings. The van der Waals surface area contributed by atoms with Crippen LogP contribution in [0.3, 0.4) is 0 Å². The van der Waals surface area contributed by atoms with Crippen molar-refractivity contribution in [3.63, 3.8) is 0 Å². The van der Waals surface area contributed by atoms with Crippen LogP contribution in [0.5, 0.6) is 0 Å². The molecule has 0 aliphatic rings. The Balaban J connectivity index is 2.53. The molecule has 0 N–H and O–H groups in total. The van der Waals surface area contributed by atoms with Gasteiger partial charge in [0.15, 0.2) is 5.16 Å². The summed E-state index contributed by atoms with van der Waals surface area (Å²) in [4.78, 5) is 16.4. The van der Waals surface area contributed by atoms with Crippen molar-refractivity contribution in [1.82, 2.24) is 9.55 Å². The Kier molecular flexibility index (Phi) is 3.38. The monoisotopic (exact) mass is 250 g/mol. The van der Waals surface area contributed by atoms with E-state index in [0.717, 1.165) is 11.0 Å². The Bertz CT molecular complexity index is 548. The molecule has 0 aliphatic carbocycles. The van der Waals surface area contributed by atoms with Crippen LogP contribution in [0.15, 0.2) is 29.4 Å². The molecule has 0 spiro atoms. The fourth-order valence-electron chi connectivity index (χ4n) is 1.57. The highest BCUT2D eigenvalue weighted by Crippen LogP contribution is 2.22. The minimum atomic E-state index is -0.377. The van der Waals surface area contributed by atoms with Crippen LogP contribution in [-0.2, 0) is 4.74 Å². The summed E-state index contributed by atoms with van der Waals surface area (Å²) in [5, 5.41) is 0.650. The molecule has 90 valence electrons. The molecule has 5 heteroatoms. The lowest BCUT2D eigenvalue weighted by Crippen LogP contribution is -2.18. The molecule has 0 radical (unpaired) electrons. The summed E-state index contributed by atoms with van der Waals surface area (Å²) in [6.45, 7) is 3.66. The molecule has 4 nitrogen and oxygen atoms in total. The third kappa shape index (κ3) is 2.29. The first-order valence-corrected chi connectivity index (χ1v) is 6.58. The van der Waals surface area contributed by atoms with Gasteiger partial charge >= 0.3 is 6.09 Å². The summed E-state index contributed by atoms with van der Waals surface area (Å²) < 4.78 is 6.73. The minimum absolute atomic E-state index is 0.140. The fourth-order valence-corrected chi connectivity index (χ4v) is 2.12. The summed E-state index contributed by atoms with van der Waals surface area (Å²) in [6, 6.07) is 7.53. The van der Waals surface area contributed by atoms with Crippen molar-refractivity contribution in [3.05, 3.63) is 24.3 Å². The number of fused-ring (bicyclic) bond motifs is 1. The first kappa shape index (κ1) is 12.0.